The van der Waals surface area contributed by atoms with Gasteiger partial charge < -0.3 is 48.5 Å². The largest absolute Gasteiger partial charge is 0.462 e. The van der Waals surface area contributed by atoms with Crippen molar-refractivity contribution in [2.45, 2.75) is 174 Å². The monoisotopic (exact) mass is 833 g/mol. The van der Waals surface area contributed by atoms with E-state index in [1.807, 2.05) is 0 Å². The molecule has 0 aromatic heterocycles. The number of hydrogen-bond acceptors (Lipinski definition) is 12. The van der Waals surface area contributed by atoms with Gasteiger partial charge in [-0.2, -0.15) is 0 Å². The number of esters is 2. The van der Waals surface area contributed by atoms with Crippen LogP contribution in [-0.4, -0.2) is 116 Å². The number of hydrogen-bond donors (Lipinski definition) is 2. The smallest absolute Gasteiger partial charge is 0.407 e. The molecule has 2 amide bonds. The summed E-state index contributed by atoms with van der Waals surface area (Å²) in [5, 5.41) is 5.18. The van der Waals surface area contributed by atoms with Crippen molar-refractivity contribution in [1.82, 2.24) is 10.6 Å². The number of nitrogens with one attached hydrogen (secondary N) is 2. The van der Waals surface area contributed by atoms with Gasteiger partial charge >= 0.3 is 24.1 Å². The van der Waals surface area contributed by atoms with E-state index >= 15 is 0 Å². The van der Waals surface area contributed by atoms with Crippen LogP contribution in [0.5, 0.6) is 0 Å². The van der Waals surface area contributed by atoms with Crippen LogP contribution in [0.25, 0.3) is 0 Å². The molecule has 0 saturated carbocycles. The van der Waals surface area contributed by atoms with Crippen molar-refractivity contribution in [3.8, 4) is 0 Å². The minimum Gasteiger partial charge on any atom is -0.462 e. The van der Waals surface area contributed by atoms with E-state index in [9.17, 15) is 19.2 Å². The Morgan fingerprint density at radius 2 is 0.793 bits per heavy atom. The molecule has 0 aromatic rings. The summed E-state index contributed by atoms with van der Waals surface area (Å²) in [5.41, 5.74) is 0. The summed E-state index contributed by atoms with van der Waals surface area (Å²) >= 11 is 0. The molecule has 58 heavy (non-hydrogen) atoms. The lowest BCUT2D eigenvalue weighted by Crippen LogP contribution is -2.34. The van der Waals surface area contributed by atoms with E-state index in [0.29, 0.717) is 39.5 Å². The van der Waals surface area contributed by atoms with E-state index in [1.165, 1.54) is 103 Å². The molecular formula is C44H84N2O12. The van der Waals surface area contributed by atoms with Gasteiger partial charge in [0.2, 0.25) is 0 Å². The molecule has 1 atom stereocenters. The van der Waals surface area contributed by atoms with Gasteiger partial charge in [0.1, 0.15) is 19.8 Å². The molecule has 0 aliphatic rings. The molecule has 14 nitrogen and oxygen atoms in total. The van der Waals surface area contributed by atoms with Crippen molar-refractivity contribution in [2.75, 3.05) is 86.3 Å². The van der Waals surface area contributed by atoms with Gasteiger partial charge in [0.25, 0.3) is 0 Å². The third kappa shape index (κ3) is 42.9. The van der Waals surface area contributed by atoms with Crippen molar-refractivity contribution < 1.29 is 57.1 Å². The topological polar surface area (TPSA) is 166 Å². The van der Waals surface area contributed by atoms with E-state index in [2.05, 4.69) is 24.5 Å². The third-order valence-electron chi connectivity index (χ3n) is 9.39. The van der Waals surface area contributed by atoms with Gasteiger partial charge in [-0.25, -0.2) is 9.59 Å². The van der Waals surface area contributed by atoms with Crippen molar-refractivity contribution >= 4 is 24.1 Å². The Kier molecular flexibility index (Phi) is 43.3. The van der Waals surface area contributed by atoms with Crippen LogP contribution in [0.3, 0.4) is 0 Å². The fourth-order valence-corrected chi connectivity index (χ4v) is 5.97. The zero-order chi connectivity index (χ0) is 42.4. The van der Waals surface area contributed by atoms with Gasteiger partial charge in [0, 0.05) is 33.0 Å². The maximum Gasteiger partial charge on any atom is 0.407 e. The maximum atomic E-state index is 12.7. The normalized spacial score (nSPS) is 11.6. The molecule has 342 valence electrons. The number of ether oxygens (including phenoxy) is 8. The van der Waals surface area contributed by atoms with Crippen molar-refractivity contribution in [3.63, 3.8) is 0 Å². The average Bonchev–Trinajstić information content (AvgIpc) is 3.21. The fourth-order valence-electron chi connectivity index (χ4n) is 5.97. The zero-order valence-corrected chi connectivity index (χ0v) is 36.9. The lowest BCUT2D eigenvalue weighted by molar-refractivity contribution is -0.161. The molecule has 0 aromatic carbocycles. The van der Waals surface area contributed by atoms with Crippen LogP contribution >= 0.6 is 0 Å². The summed E-state index contributed by atoms with van der Waals surface area (Å²) in [6, 6.07) is 0. The van der Waals surface area contributed by atoms with Crippen LogP contribution < -0.4 is 10.6 Å². The molecule has 0 fully saturated rings. The summed E-state index contributed by atoms with van der Waals surface area (Å²) in [6.07, 6.45) is 24.6. The SMILES string of the molecule is CCCCCCCCCCCCCC(=O)OC[C@H](COC(=O)NCCOCCOCCNC(=O)OCCOCCOC)OC(=O)CCCCCCCCCCCCC. The zero-order valence-electron chi connectivity index (χ0n) is 36.9. The summed E-state index contributed by atoms with van der Waals surface area (Å²) in [7, 11) is 1.58. The second-order valence-corrected chi connectivity index (χ2v) is 14.8. The molecule has 14 heteroatoms. The first-order valence-corrected chi connectivity index (χ1v) is 22.8. The Morgan fingerprint density at radius 1 is 0.414 bits per heavy atom. The van der Waals surface area contributed by atoms with Crippen LogP contribution in [0.15, 0.2) is 0 Å². The Balaban J connectivity index is 4.30. The molecule has 0 unspecified atom stereocenters. The molecule has 0 heterocycles. The van der Waals surface area contributed by atoms with Crippen LogP contribution in [0.4, 0.5) is 9.59 Å². The first-order valence-electron chi connectivity index (χ1n) is 22.8. The van der Waals surface area contributed by atoms with Gasteiger partial charge in [-0.05, 0) is 12.8 Å². The lowest BCUT2D eigenvalue weighted by Gasteiger charge is -2.18. The minimum absolute atomic E-state index is 0.147. The van der Waals surface area contributed by atoms with Gasteiger partial charge in [-0.15, -0.1) is 0 Å². The van der Waals surface area contributed by atoms with Crippen molar-refractivity contribution in [2.24, 2.45) is 0 Å². The van der Waals surface area contributed by atoms with Gasteiger partial charge in [0.05, 0.1) is 46.2 Å². The van der Waals surface area contributed by atoms with Crippen LogP contribution in [0, 0.1) is 0 Å². The quantitative estimate of drug-likeness (QED) is 0.0340. The van der Waals surface area contributed by atoms with Crippen molar-refractivity contribution in [3.05, 3.63) is 0 Å². The number of amides is 2. The number of alkyl carbamates (subject to hydrolysis) is 2. The summed E-state index contributed by atoms with van der Waals surface area (Å²) in [4.78, 5) is 49.1. The highest BCUT2D eigenvalue weighted by Gasteiger charge is 2.19. The lowest BCUT2D eigenvalue weighted by atomic mass is 10.1. The van der Waals surface area contributed by atoms with Gasteiger partial charge in [-0.3, -0.25) is 9.59 Å². The fraction of sp³-hybridized carbons (Fsp3) is 0.909. The van der Waals surface area contributed by atoms with E-state index in [4.69, 9.17) is 37.9 Å². The molecule has 0 aliphatic carbocycles. The predicted molar refractivity (Wildman–Crippen MR) is 226 cm³/mol. The van der Waals surface area contributed by atoms with E-state index in [1.54, 1.807) is 7.11 Å². The second-order valence-electron chi connectivity index (χ2n) is 14.8. The standard InChI is InChI=1S/C44H84N2O12/c1-4-6-8-10-12-14-16-18-20-22-24-26-41(47)56-38-40(58-42(48)27-25-23-21-19-17-15-13-11-9-7-5-2)39-57-44(50)46-29-31-53-35-34-52-30-28-45-43(49)55-37-36-54-33-32-51-3/h40H,4-39H2,1-3H3,(H,45,49)(H,46,50)/t40-/m1/s1. The van der Waals surface area contributed by atoms with E-state index < -0.39 is 24.3 Å². The molecule has 0 rings (SSSR count). The highest BCUT2D eigenvalue weighted by molar-refractivity contribution is 5.70. The Labute approximate surface area is 351 Å². The Morgan fingerprint density at radius 3 is 1.28 bits per heavy atom. The Hall–Kier alpha value is -2.68. The maximum absolute atomic E-state index is 12.7. The molecule has 0 spiro atoms. The number of unbranched alkanes of at least 4 members (excludes halogenated alkanes) is 20. The predicted octanol–water partition coefficient (Wildman–Crippen LogP) is 8.99. The van der Waals surface area contributed by atoms with E-state index in [-0.39, 0.29) is 58.5 Å². The van der Waals surface area contributed by atoms with Crippen molar-refractivity contribution in [1.29, 1.82) is 0 Å². The number of carbonyl (C=O) groups excluding carboxylic acids is 4. The summed E-state index contributed by atoms with van der Waals surface area (Å²) in [5.74, 6) is -0.737. The van der Waals surface area contributed by atoms with Crippen LogP contribution in [0.2, 0.25) is 0 Å². The highest BCUT2D eigenvalue weighted by atomic mass is 16.6. The molecule has 0 aliphatic heterocycles. The number of methoxy groups -OCH3 is 1. The van der Waals surface area contributed by atoms with Crippen LogP contribution in [0.1, 0.15) is 168 Å². The minimum atomic E-state index is -0.892. The van der Waals surface area contributed by atoms with E-state index in [0.717, 1.165) is 38.5 Å². The first-order chi connectivity index (χ1) is 28.4. The molecule has 0 radical (unpaired) electrons. The first kappa shape index (κ1) is 55.3. The number of rotatable bonds is 44. The second kappa shape index (κ2) is 45.4. The molecular weight excluding hydrogens is 748 g/mol. The molecule has 0 saturated heterocycles. The summed E-state index contributed by atoms with van der Waals surface area (Å²) < 4.78 is 42.3. The third-order valence-corrected chi connectivity index (χ3v) is 9.39. The van der Waals surface area contributed by atoms with Gasteiger partial charge in [-0.1, -0.05) is 142 Å². The average molecular weight is 833 g/mol. The van der Waals surface area contributed by atoms with Crippen LogP contribution in [-0.2, 0) is 47.5 Å². The molecule has 2 N–H and O–H groups in total. The molecule has 0 bridgehead atoms. The Bertz CT molecular complexity index is 942. The summed E-state index contributed by atoms with van der Waals surface area (Å²) in [6.45, 7) is 7.01. The highest BCUT2D eigenvalue weighted by Crippen LogP contribution is 2.14. The van der Waals surface area contributed by atoms with Gasteiger partial charge in [0.15, 0.2) is 6.10 Å². The number of carbonyl (C=O) groups is 4.